The van der Waals surface area contributed by atoms with Gasteiger partial charge in [0.1, 0.15) is 6.04 Å². The van der Waals surface area contributed by atoms with Crippen LogP contribution in [0.3, 0.4) is 0 Å². The van der Waals surface area contributed by atoms with E-state index < -0.39 is 6.04 Å². The van der Waals surface area contributed by atoms with E-state index in [9.17, 15) is 9.59 Å². The highest BCUT2D eigenvalue weighted by Gasteiger charge is 2.19. The lowest BCUT2D eigenvalue weighted by Crippen LogP contribution is -2.47. The molecule has 0 aliphatic carbocycles. The standard InChI is InChI=1S/C16H24N2O2/c1-3-4-6-11-15(19)18-14(16(20)17-2)12-13-9-7-5-8-10-13/h5,7-10,14H,3-4,6,11-12H2,1-2H3,(H,17,20)(H,18,19)/t14-/m0/s1. The molecule has 2 amide bonds. The molecule has 0 aliphatic rings. The average molecular weight is 276 g/mol. The highest BCUT2D eigenvalue weighted by Crippen LogP contribution is 2.05. The summed E-state index contributed by atoms with van der Waals surface area (Å²) in [5, 5.41) is 5.43. The van der Waals surface area contributed by atoms with Gasteiger partial charge in [0.05, 0.1) is 0 Å². The van der Waals surface area contributed by atoms with Gasteiger partial charge < -0.3 is 10.6 Å². The molecule has 0 fully saturated rings. The Balaban J connectivity index is 2.56. The van der Waals surface area contributed by atoms with Gasteiger partial charge in [0.25, 0.3) is 0 Å². The lowest BCUT2D eigenvalue weighted by atomic mass is 10.0. The maximum atomic E-state index is 11.9. The number of carbonyl (C=O) groups is 2. The van der Waals surface area contributed by atoms with E-state index in [4.69, 9.17) is 0 Å². The molecular weight excluding hydrogens is 252 g/mol. The van der Waals surface area contributed by atoms with Crippen LogP contribution >= 0.6 is 0 Å². The van der Waals surface area contributed by atoms with E-state index in [-0.39, 0.29) is 11.8 Å². The van der Waals surface area contributed by atoms with Gasteiger partial charge in [0.15, 0.2) is 0 Å². The van der Waals surface area contributed by atoms with Gasteiger partial charge in [-0.25, -0.2) is 0 Å². The Morgan fingerprint density at radius 2 is 1.85 bits per heavy atom. The number of hydrogen-bond acceptors (Lipinski definition) is 2. The topological polar surface area (TPSA) is 58.2 Å². The molecule has 1 aromatic rings. The lowest BCUT2D eigenvalue weighted by molar-refractivity contribution is -0.128. The van der Waals surface area contributed by atoms with Gasteiger partial charge in [-0.1, -0.05) is 50.1 Å². The molecule has 1 rings (SSSR count). The molecule has 4 nitrogen and oxygen atoms in total. The highest BCUT2D eigenvalue weighted by atomic mass is 16.2. The van der Waals surface area contributed by atoms with Gasteiger partial charge in [0, 0.05) is 19.9 Å². The summed E-state index contributed by atoms with van der Waals surface area (Å²) in [5.41, 5.74) is 1.04. The first-order valence-corrected chi connectivity index (χ1v) is 7.22. The second-order valence-electron chi connectivity index (χ2n) is 4.88. The summed E-state index contributed by atoms with van der Waals surface area (Å²) in [4.78, 5) is 23.7. The Morgan fingerprint density at radius 3 is 2.45 bits per heavy atom. The van der Waals surface area contributed by atoms with Crippen molar-refractivity contribution in [3.8, 4) is 0 Å². The van der Waals surface area contributed by atoms with Crippen LogP contribution in [-0.2, 0) is 16.0 Å². The van der Waals surface area contributed by atoms with Crippen LogP contribution in [0.1, 0.15) is 38.2 Å². The molecule has 110 valence electrons. The number of likely N-dealkylation sites (N-methyl/N-ethyl adjacent to an activating group) is 1. The quantitative estimate of drug-likeness (QED) is 0.714. The van der Waals surface area contributed by atoms with Crippen LogP contribution in [0.15, 0.2) is 30.3 Å². The van der Waals surface area contributed by atoms with Gasteiger partial charge in [-0.15, -0.1) is 0 Å². The Labute approximate surface area is 121 Å². The van der Waals surface area contributed by atoms with E-state index in [2.05, 4.69) is 17.6 Å². The molecule has 0 spiro atoms. The molecule has 1 atom stereocenters. The van der Waals surface area contributed by atoms with Gasteiger partial charge in [-0.3, -0.25) is 9.59 Å². The van der Waals surface area contributed by atoms with Crippen LogP contribution in [0.4, 0.5) is 0 Å². The van der Waals surface area contributed by atoms with Crippen LogP contribution in [0.2, 0.25) is 0 Å². The van der Waals surface area contributed by atoms with Gasteiger partial charge >= 0.3 is 0 Å². The summed E-state index contributed by atoms with van der Waals surface area (Å²) in [7, 11) is 1.59. The van der Waals surface area contributed by atoms with E-state index in [0.717, 1.165) is 24.8 Å². The third-order valence-electron chi connectivity index (χ3n) is 3.19. The molecular formula is C16H24N2O2. The molecule has 0 saturated carbocycles. The molecule has 0 aromatic heterocycles. The maximum absolute atomic E-state index is 11.9. The minimum Gasteiger partial charge on any atom is -0.357 e. The molecule has 0 bridgehead atoms. The zero-order chi connectivity index (χ0) is 14.8. The first-order chi connectivity index (χ1) is 9.67. The highest BCUT2D eigenvalue weighted by molar-refractivity contribution is 5.87. The number of rotatable bonds is 8. The largest absolute Gasteiger partial charge is 0.357 e. The van der Waals surface area contributed by atoms with Crippen molar-refractivity contribution in [1.82, 2.24) is 10.6 Å². The van der Waals surface area contributed by atoms with Crippen molar-refractivity contribution in [3.05, 3.63) is 35.9 Å². The molecule has 0 saturated heterocycles. The predicted octanol–water partition coefficient (Wildman–Crippen LogP) is 2.04. The fraction of sp³-hybridized carbons (Fsp3) is 0.500. The molecule has 1 aromatic carbocycles. The van der Waals surface area contributed by atoms with Crippen molar-refractivity contribution < 1.29 is 9.59 Å². The lowest BCUT2D eigenvalue weighted by Gasteiger charge is -2.17. The number of unbranched alkanes of at least 4 members (excludes halogenated alkanes) is 2. The SMILES string of the molecule is CCCCCC(=O)N[C@@H](Cc1ccccc1)C(=O)NC. The van der Waals surface area contributed by atoms with Crippen molar-refractivity contribution in [1.29, 1.82) is 0 Å². The Bertz CT molecular complexity index is 418. The minimum absolute atomic E-state index is 0.0528. The summed E-state index contributed by atoms with van der Waals surface area (Å²) >= 11 is 0. The number of benzene rings is 1. The Hall–Kier alpha value is -1.84. The summed E-state index contributed by atoms with van der Waals surface area (Å²) in [6.07, 6.45) is 3.98. The molecule has 2 N–H and O–H groups in total. The Morgan fingerprint density at radius 1 is 1.15 bits per heavy atom. The molecule has 20 heavy (non-hydrogen) atoms. The smallest absolute Gasteiger partial charge is 0.242 e. The van der Waals surface area contributed by atoms with E-state index in [1.807, 2.05) is 30.3 Å². The monoisotopic (exact) mass is 276 g/mol. The fourth-order valence-corrected chi connectivity index (χ4v) is 2.04. The van der Waals surface area contributed by atoms with Crippen molar-refractivity contribution >= 4 is 11.8 Å². The predicted molar refractivity (Wildman–Crippen MR) is 80.3 cm³/mol. The third kappa shape index (κ3) is 5.87. The molecule has 0 unspecified atom stereocenters. The molecule has 0 heterocycles. The normalized spacial score (nSPS) is 11.7. The number of hydrogen-bond donors (Lipinski definition) is 2. The van der Waals surface area contributed by atoms with Crippen molar-refractivity contribution in [2.75, 3.05) is 7.05 Å². The van der Waals surface area contributed by atoms with Crippen molar-refractivity contribution in [2.45, 2.75) is 45.1 Å². The number of carbonyl (C=O) groups excluding carboxylic acids is 2. The second kappa shape index (κ2) is 9.13. The molecule has 0 aliphatic heterocycles. The van der Waals surface area contributed by atoms with Crippen LogP contribution in [-0.4, -0.2) is 24.9 Å². The first-order valence-electron chi connectivity index (χ1n) is 7.22. The van der Waals surface area contributed by atoms with Crippen molar-refractivity contribution in [2.24, 2.45) is 0 Å². The summed E-state index contributed by atoms with van der Waals surface area (Å²) in [6.45, 7) is 2.10. The fourth-order valence-electron chi connectivity index (χ4n) is 2.04. The average Bonchev–Trinajstić information content (AvgIpc) is 2.47. The van der Waals surface area contributed by atoms with Crippen LogP contribution in [0, 0.1) is 0 Å². The third-order valence-corrected chi connectivity index (χ3v) is 3.19. The summed E-state index contributed by atoms with van der Waals surface area (Å²) in [5.74, 6) is -0.208. The number of nitrogens with one attached hydrogen (secondary N) is 2. The zero-order valence-electron chi connectivity index (χ0n) is 12.3. The Kier molecular flexibility index (Phi) is 7.40. The van der Waals surface area contributed by atoms with E-state index in [1.54, 1.807) is 7.05 Å². The van der Waals surface area contributed by atoms with Gasteiger partial charge in [0.2, 0.25) is 11.8 Å². The summed E-state index contributed by atoms with van der Waals surface area (Å²) < 4.78 is 0. The van der Waals surface area contributed by atoms with Gasteiger partial charge in [-0.05, 0) is 12.0 Å². The van der Waals surface area contributed by atoms with Crippen molar-refractivity contribution in [3.63, 3.8) is 0 Å². The number of amides is 2. The summed E-state index contributed by atoms with van der Waals surface area (Å²) in [6, 6.07) is 9.20. The maximum Gasteiger partial charge on any atom is 0.242 e. The van der Waals surface area contributed by atoms with Crippen LogP contribution in [0.25, 0.3) is 0 Å². The molecule has 4 heteroatoms. The second-order valence-corrected chi connectivity index (χ2v) is 4.88. The first kappa shape index (κ1) is 16.2. The van der Waals surface area contributed by atoms with E-state index in [1.165, 1.54) is 0 Å². The zero-order valence-corrected chi connectivity index (χ0v) is 12.3. The van der Waals surface area contributed by atoms with Crippen LogP contribution < -0.4 is 10.6 Å². The minimum atomic E-state index is -0.503. The van der Waals surface area contributed by atoms with Gasteiger partial charge in [-0.2, -0.15) is 0 Å². The molecule has 0 radical (unpaired) electrons. The van der Waals surface area contributed by atoms with E-state index in [0.29, 0.717) is 12.8 Å². The van der Waals surface area contributed by atoms with Crippen LogP contribution in [0.5, 0.6) is 0 Å². The van der Waals surface area contributed by atoms with E-state index >= 15 is 0 Å².